The minimum absolute atomic E-state index is 0.124. The summed E-state index contributed by atoms with van der Waals surface area (Å²) in [6.07, 6.45) is 3.41. The van der Waals surface area contributed by atoms with E-state index in [1.165, 1.54) is 9.47 Å². The average Bonchev–Trinajstić information content (AvgIpc) is 2.32. The van der Waals surface area contributed by atoms with Gasteiger partial charge in [0.25, 0.3) is 0 Å². The third kappa shape index (κ3) is 1.40. The minimum Gasteiger partial charge on any atom is -0.330 e. The fraction of sp³-hybridized carbons (Fsp3) is 0.429. The number of rotatable bonds is 0. The Morgan fingerprint density at radius 3 is 2.42 bits per heavy atom. The topological polar surface area (TPSA) is 30.2 Å². The van der Waals surface area contributed by atoms with Crippen LogP contribution in [-0.2, 0) is 7.05 Å². The summed E-state index contributed by atoms with van der Waals surface area (Å²) in [7, 11) is 5.19. The van der Waals surface area contributed by atoms with Crippen LogP contribution in [0.25, 0.3) is 0 Å². The van der Waals surface area contributed by atoms with E-state index in [4.69, 9.17) is 12.2 Å². The maximum absolute atomic E-state index is 11.4. The molecule has 12 heavy (non-hydrogen) atoms. The number of carbonyl (C=O) groups is 1. The molecular weight excluding hydrogens is 174 g/mol. The van der Waals surface area contributed by atoms with E-state index in [2.05, 4.69) is 0 Å². The molecule has 0 radical (unpaired) electrons. The van der Waals surface area contributed by atoms with Crippen LogP contribution in [0.1, 0.15) is 0 Å². The van der Waals surface area contributed by atoms with Crippen LogP contribution in [0.2, 0.25) is 0 Å². The zero-order valence-electron chi connectivity index (χ0n) is 7.31. The minimum atomic E-state index is -0.124. The largest absolute Gasteiger partial charge is 0.330 e. The monoisotopic (exact) mass is 185 g/mol. The van der Waals surface area contributed by atoms with Crippen molar-refractivity contribution >= 4 is 18.2 Å². The van der Waals surface area contributed by atoms with Gasteiger partial charge in [0, 0.05) is 33.5 Å². The van der Waals surface area contributed by atoms with Gasteiger partial charge in [-0.2, -0.15) is 0 Å². The maximum atomic E-state index is 11.4. The molecule has 0 saturated carbocycles. The molecule has 1 amide bonds. The summed E-state index contributed by atoms with van der Waals surface area (Å²) in [5.41, 5.74) is 0. The van der Waals surface area contributed by atoms with Gasteiger partial charge in [-0.1, -0.05) is 0 Å². The van der Waals surface area contributed by atoms with Gasteiger partial charge in [-0.05, 0) is 12.2 Å². The van der Waals surface area contributed by atoms with Crippen LogP contribution in [0.5, 0.6) is 0 Å². The van der Waals surface area contributed by atoms with E-state index in [-0.39, 0.29) is 6.03 Å². The Hall–Kier alpha value is -1.10. The SMILES string of the molecule is CN(C)C(=O)n1ccn(C)c1=S. The van der Waals surface area contributed by atoms with Crippen LogP contribution >= 0.6 is 12.2 Å². The Labute approximate surface area is 76.0 Å². The lowest BCUT2D eigenvalue weighted by molar-refractivity contribution is 0.218. The van der Waals surface area contributed by atoms with Gasteiger partial charge in [-0.25, -0.2) is 9.36 Å². The van der Waals surface area contributed by atoms with E-state index in [0.29, 0.717) is 4.77 Å². The average molecular weight is 185 g/mol. The predicted molar refractivity (Wildman–Crippen MR) is 48.7 cm³/mol. The van der Waals surface area contributed by atoms with Gasteiger partial charge >= 0.3 is 6.03 Å². The molecule has 0 aliphatic rings. The molecule has 1 rings (SSSR count). The molecule has 0 aromatic carbocycles. The van der Waals surface area contributed by atoms with Gasteiger partial charge in [-0.3, -0.25) is 0 Å². The second-order valence-electron chi connectivity index (χ2n) is 2.74. The molecule has 1 aromatic rings. The maximum Gasteiger partial charge on any atom is 0.329 e. The van der Waals surface area contributed by atoms with E-state index >= 15 is 0 Å². The summed E-state index contributed by atoms with van der Waals surface area (Å²) >= 11 is 5.00. The summed E-state index contributed by atoms with van der Waals surface area (Å²) in [5, 5.41) is 0. The number of amides is 1. The fourth-order valence-corrected chi connectivity index (χ4v) is 1.02. The fourth-order valence-electron chi connectivity index (χ4n) is 0.825. The second-order valence-corrected chi connectivity index (χ2v) is 3.10. The predicted octanol–water partition coefficient (Wildman–Crippen LogP) is 1.09. The van der Waals surface area contributed by atoms with Crippen LogP contribution in [0.3, 0.4) is 0 Å². The van der Waals surface area contributed by atoms with Crippen molar-refractivity contribution in [3.63, 3.8) is 0 Å². The van der Waals surface area contributed by atoms with E-state index in [1.54, 1.807) is 31.1 Å². The van der Waals surface area contributed by atoms with E-state index < -0.39 is 0 Å². The number of carbonyl (C=O) groups excluding carboxylic acids is 1. The highest BCUT2D eigenvalue weighted by atomic mass is 32.1. The molecule has 0 spiro atoms. The summed E-state index contributed by atoms with van der Waals surface area (Å²) in [6, 6.07) is -0.124. The molecule has 0 aliphatic heterocycles. The summed E-state index contributed by atoms with van der Waals surface area (Å²) in [6.45, 7) is 0. The summed E-state index contributed by atoms with van der Waals surface area (Å²) in [4.78, 5) is 12.9. The Kier molecular flexibility index (Phi) is 2.32. The number of imidazole rings is 1. The van der Waals surface area contributed by atoms with Gasteiger partial charge in [0.1, 0.15) is 0 Å². The quantitative estimate of drug-likeness (QED) is 0.566. The van der Waals surface area contributed by atoms with E-state index in [1.807, 2.05) is 7.05 Å². The lowest BCUT2D eigenvalue weighted by Crippen LogP contribution is -2.26. The Bertz CT molecular complexity index is 350. The molecule has 0 fully saturated rings. The molecule has 0 unspecified atom stereocenters. The van der Waals surface area contributed by atoms with Crippen molar-refractivity contribution in [2.24, 2.45) is 7.05 Å². The van der Waals surface area contributed by atoms with E-state index in [9.17, 15) is 4.79 Å². The molecule has 66 valence electrons. The van der Waals surface area contributed by atoms with Crippen LogP contribution < -0.4 is 0 Å². The van der Waals surface area contributed by atoms with Crippen LogP contribution in [0.4, 0.5) is 4.79 Å². The number of hydrogen-bond acceptors (Lipinski definition) is 2. The number of aryl methyl sites for hydroxylation is 1. The van der Waals surface area contributed by atoms with Gasteiger partial charge in [0.05, 0.1) is 0 Å². The zero-order valence-corrected chi connectivity index (χ0v) is 8.13. The van der Waals surface area contributed by atoms with Crippen molar-refractivity contribution in [2.45, 2.75) is 0 Å². The second kappa shape index (κ2) is 3.10. The smallest absolute Gasteiger partial charge is 0.329 e. The van der Waals surface area contributed by atoms with Crippen molar-refractivity contribution in [2.75, 3.05) is 14.1 Å². The van der Waals surface area contributed by atoms with Crippen LogP contribution in [-0.4, -0.2) is 34.2 Å². The zero-order chi connectivity index (χ0) is 9.30. The third-order valence-electron chi connectivity index (χ3n) is 1.54. The molecule has 5 heteroatoms. The molecule has 0 saturated heterocycles. The van der Waals surface area contributed by atoms with Crippen LogP contribution in [0, 0.1) is 4.77 Å². The Morgan fingerprint density at radius 2 is 2.08 bits per heavy atom. The highest BCUT2D eigenvalue weighted by molar-refractivity contribution is 7.71. The first-order valence-electron chi connectivity index (χ1n) is 3.49. The lowest BCUT2D eigenvalue weighted by atomic mass is 10.8. The molecule has 0 atom stereocenters. The number of aromatic nitrogens is 2. The summed E-state index contributed by atoms with van der Waals surface area (Å²) < 4.78 is 3.65. The summed E-state index contributed by atoms with van der Waals surface area (Å²) in [5.74, 6) is 0. The number of hydrogen-bond donors (Lipinski definition) is 0. The van der Waals surface area contributed by atoms with Crippen molar-refractivity contribution in [3.8, 4) is 0 Å². The van der Waals surface area contributed by atoms with Gasteiger partial charge in [0.15, 0.2) is 4.77 Å². The van der Waals surface area contributed by atoms with Gasteiger partial charge in [0.2, 0.25) is 0 Å². The first-order valence-corrected chi connectivity index (χ1v) is 3.90. The van der Waals surface area contributed by atoms with Crippen LogP contribution in [0.15, 0.2) is 12.4 Å². The lowest BCUT2D eigenvalue weighted by Gasteiger charge is -2.09. The number of nitrogens with zero attached hydrogens (tertiary/aromatic N) is 3. The molecule has 4 nitrogen and oxygen atoms in total. The van der Waals surface area contributed by atoms with Crippen molar-refractivity contribution in [3.05, 3.63) is 17.2 Å². The van der Waals surface area contributed by atoms with Crippen molar-refractivity contribution < 1.29 is 4.79 Å². The molecular formula is C7H11N3OS. The molecule has 0 N–H and O–H groups in total. The molecule has 0 bridgehead atoms. The normalized spacial score (nSPS) is 9.92. The third-order valence-corrected chi connectivity index (χ3v) is 2.02. The highest BCUT2D eigenvalue weighted by Crippen LogP contribution is 1.96. The van der Waals surface area contributed by atoms with Crippen molar-refractivity contribution in [1.82, 2.24) is 14.0 Å². The standard InChI is InChI=1S/C7H11N3OS/c1-8(2)6(11)10-5-4-9(3)7(10)12/h4-5H,1-3H3. The molecule has 0 aliphatic carbocycles. The first-order chi connectivity index (χ1) is 5.54. The molecule has 1 aromatic heterocycles. The van der Waals surface area contributed by atoms with Gasteiger partial charge < -0.3 is 9.47 Å². The van der Waals surface area contributed by atoms with Crippen molar-refractivity contribution in [1.29, 1.82) is 0 Å². The Balaban J connectivity index is 3.13. The van der Waals surface area contributed by atoms with E-state index in [0.717, 1.165) is 0 Å². The Morgan fingerprint density at radius 1 is 1.50 bits per heavy atom. The van der Waals surface area contributed by atoms with Gasteiger partial charge in [-0.15, -0.1) is 0 Å². The first kappa shape index (κ1) is 8.99. The highest BCUT2D eigenvalue weighted by Gasteiger charge is 2.07. The molecule has 1 heterocycles.